The molecule has 0 spiro atoms. The van der Waals surface area contributed by atoms with Gasteiger partial charge in [0.15, 0.2) is 0 Å². The largest absolute Gasteiger partial charge is 0.376 e. The van der Waals surface area contributed by atoms with Crippen LogP contribution < -0.4 is 10.6 Å². The van der Waals surface area contributed by atoms with Crippen LogP contribution in [-0.2, 0) is 15.9 Å². The molecule has 0 radical (unpaired) electrons. The van der Waals surface area contributed by atoms with E-state index in [1.54, 1.807) is 7.11 Å². The highest BCUT2D eigenvalue weighted by atomic mass is 16.7. The first-order valence-electron chi connectivity index (χ1n) is 10.7. The number of pyridine rings is 1. The second kappa shape index (κ2) is 11.5. The summed E-state index contributed by atoms with van der Waals surface area (Å²) in [4.78, 5) is 4.60. The number of methoxy groups -OCH3 is 1. The van der Waals surface area contributed by atoms with Gasteiger partial charge >= 0.3 is 0 Å². The summed E-state index contributed by atoms with van der Waals surface area (Å²) < 4.78 is 10.7. The minimum absolute atomic E-state index is 0.0583. The lowest BCUT2D eigenvalue weighted by atomic mass is 10.0. The average Bonchev–Trinajstić information content (AvgIpc) is 2.77. The van der Waals surface area contributed by atoms with Gasteiger partial charge in [0.1, 0.15) is 12.6 Å². The van der Waals surface area contributed by atoms with Crippen LogP contribution in [-0.4, -0.2) is 31.5 Å². The zero-order valence-electron chi connectivity index (χ0n) is 18.9. The number of rotatable bonds is 11. The van der Waals surface area contributed by atoms with Crippen molar-refractivity contribution in [2.24, 2.45) is 0 Å². The number of aryl methyl sites for hydroxylation is 2. The van der Waals surface area contributed by atoms with Gasteiger partial charge in [0.25, 0.3) is 0 Å². The van der Waals surface area contributed by atoms with Crippen LogP contribution in [0.25, 0.3) is 0 Å². The van der Waals surface area contributed by atoms with E-state index in [1.165, 1.54) is 22.3 Å². The van der Waals surface area contributed by atoms with E-state index in [0.717, 1.165) is 17.9 Å². The van der Waals surface area contributed by atoms with E-state index in [2.05, 4.69) is 91.0 Å². The number of anilines is 2. The third-order valence-electron chi connectivity index (χ3n) is 5.22. The lowest BCUT2D eigenvalue weighted by Crippen LogP contribution is -2.29. The monoisotopic (exact) mass is 419 g/mol. The minimum Gasteiger partial charge on any atom is -0.376 e. The van der Waals surface area contributed by atoms with Crippen molar-refractivity contribution in [3.05, 3.63) is 89.1 Å². The summed E-state index contributed by atoms with van der Waals surface area (Å²) >= 11 is 0. The molecular formula is C26H33N3O2. The maximum absolute atomic E-state index is 5.68. The molecule has 1 unspecified atom stereocenters. The summed E-state index contributed by atoms with van der Waals surface area (Å²) in [5.74, 6) is 0.819. The van der Waals surface area contributed by atoms with Gasteiger partial charge in [-0.1, -0.05) is 59.7 Å². The van der Waals surface area contributed by atoms with Gasteiger partial charge in [0.05, 0.1) is 18.3 Å². The first-order valence-corrected chi connectivity index (χ1v) is 10.7. The molecule has 2 N–H and O–H groups in total. The molecule has 5 heteroatoms. The van der Waals surface area contributed by atoms with Crippen molar-refractivity contribution in [1.29, 1.82) is 0 Å². The van der Waals surface area contributed by atoms with E-state index in [-0.39, 0.29) is 18.9 Å². The highest BCUT2D eigenvalue weighted by molar-refractivity contribution is 5.65. The van der Waals surface area contributed by atoms with Gasteiger partial charge in [-0.2, -0.15) is 0 Å². The van der Waals surface area contributed by atoms with Crippen molar-refractivity contribution in [2.75, 3.05) is 31.1 Å². The van der Waals surface area contributed by atoms with E-state index < -0.39 is 0 Å². The van der Waals surface area contributed by atoms with E-state index in [4.69, 9.17) is 9.47 Å². The average molecular weight is 420 g/mol. The molecule has 3 aromatic rings. The molecule has 0 saturated heterocycles. The molecular weight excluding hydrogens is 386 g/mol. The van der Waals surface area contributed by atoms with Crippen molar-refractivity contribution < 1.29 is 9.47 Å². The van der Waals surface area contributed by atoms with Gasteiger partial charge < -0.3 is 20.1 Å². The maximum atomic E-state index is 5.68. The zero-order valence-corrected chi connectivity index (χ0v) is 18.9. The summed E-state index contributed by atoms with van der Waals surface area (Å²) in [6, 6.07) is 21.4. The number of nitrogens with zero attached hydrogens (tertiary/aromatic N) is 1. The van der Waals surface area contributed by atoms with Crippen LogP contribution in [0.1, 0.15) is 35.2 Å². The number of nitrogens with one attached hydrogen (secondary N) is 2. The fourth-order valence-corrected chi connectivity index (χ4v) is 3.44. The van der Waals surface area contributed by atoms with Gasteiger partial charge in [0.2, 0.25) is 0 Å². The molecule has 164 valence electrons. The van der Waals surface area contributed by atoms with Crippen molar-refractivity contribution in [2.45, 2.75) is 39.3 Å². The molecule has 2 atom stereocenters. The number of benzene rings is 2. The lowest BCUT2D eigenvalue weighted by molar-refractivity contribution is -0.0334. The van der Waals surface area contributed by atoms with Gasteiger partial charge in [-0.05, 0) is 50.5 Å². The Morgan fingerprint density at radius 2 is 1.58 bits per heavy atom. The maximum Gasteiger partial charge on any atom is 0.149 e. The third kappa shape index (κ3) is 7.09. The molecule has 0 aliphatic heterocycles. The summed E-state index contributed by atoms with van der Waals surface area (Å²) in [6.45, 7) is 7.15. The van der Waals surface area contributed by atoms with E-state index in [0.29, 0.717) is 6.61 Å². The molecule has 2 aromatic carbocycles. The van der Waals surface area contributed by atoms with Crippen LogP contribution in [0.15, 0.2) is 66.9 Å². The minimum atomic E-state index is 0.0583. The van der Waals surface area contributed by atoms with Crippen LogP contribution in [0.4, 0.5) is 11.5 Å². The highest BCUT2D eigenvalue weighted by Gasteiger charge is 2.15. The summed E-state index contributed by atoms with van der Waals surface area (Å²) in [5, 5.41) is 7.18. The Balaban J connectivity index is 1.73. The predicted molar refractivity (Wildman–Crippen MR) is 128 cm³/mol. The van der Waals surface area contributed by atoms with Crippen LogP contribution in [0.5, 0.6) is 0 Å². The lowest BCUT2D eigenvalue weighted by Gasteiger charge is -2.23. The smallest absolute Gasteiger partial charge is 0.149 e. The SMILES string of the molecule is COCOC[C@H](Cc1ccc(C)cc1)Nc1ncccc1NC(C)c1ccc(C)cc1. The van der Waals surface area contributed by atoms with Crippen LogP contribution in [0.3, 0.4) is 0 Å². The summed E-state index contributed by atoms with van der Waals surface area (Å²) in [7, 11) is 1.63. The Morgan fingerprint density at radius 3 is 2.26 bits per heavy atom. The molecule has 0 bridgehead atoms. The van der Waals surface area contributed by atoms with Crippen LogP contribution in [0.2, 0.25) is 0 Å². The molecule has 0 aliphatic carbocycles. The summed E-state index contributed by atoms with van der Waals surface area (Å²) in [5.41, 5.74) is 5.97. The molecule has 1 aromatic heterocycles. The molecule has 3 rings (SSSR count). The Kier molecular flexibility index (Phi) is 8.44. The van der Waals surface area contributed by atoms with E-state index in [1.807, 2.05) is 12.3 Å². The normalized spacial score (nSPS) is 12.9. The fourth-order valence-electron chi connectivity index (χ4n) is 3.44. The standard InChI is InChI=1S/C26H33N3O2/c1-19-7-11-22(12-8-19)16-24(17-31-18-30-4)29-26-25(6-5-15-27-26)28-21(3)23-13-9-20(2)10-14-23/h5-15,21,24,28H,16-18H2,1-4H3,(H,27,29)/t21?,24-/m0/s1. The topological polar surface area (TPSA) is 55.4 Å². The predicted octanol–water partition coefficient (Wildman–Crippen LogP) is 5.52. The van der Waals surface area contributed by atoms with Crippen molar-refractivity contribution in [1.82, 2.24) is 4.98 Å². The quantitative estimate of drug-likeness (QED) is 0.317. The molecule has 0 amide bonds. The van der Waals surface area contributed by atoms with Gasteiger partial charge in [-0.3, -0.25) is 0 Å². The molecule has 0 saturated carbocycles. The van der Waals surface area contributed by atoms with Gasteiger partial charge in [-0.25, -0.2) is 4.98 Å². The Morgan fingerprint density at radius 1 is 0.903 bits per heavy atom. The van der Waals surface area contributed by atoms with Crippen LogP contribution in [0, 0.1) is 13.8 Å². The Bertz CT molecular complexity index is 926. The number of aromatic nitrogens is 1. The second-order valence-corrected chi connectivity index (χ2v) is 7.98. The second-order valence-electron chi connectivity index (χ2n) is 7.98. The zero-order chi connectivity index (χ0) is 22.1. The number of hydrogen-bond acceptors (Lipinski definition) is 5. The highest BCUT2D eigenvalue weighted by Crippen LogP contribution is 2.25. The fraction of sp³-hybridized carbons (Fsp3) is 0.346. The molecule has 0 fully saturated rings. The Labute approximate surface area is 185 Å². The molecule has 5 nitrogen and oxygen atoms in total. The molecule has 1 heterocycles. The Hall–Kier alpha value is -2.89. The third-order valence-corrected chi connectivity index (χ3v) is 5.22. The van der Waals surface area contributed by atoms with Gasteiger partial charge in [-0.15, -0.1) is 0 Å². The van der Waals surface area contributed by atoms with Crippen molar-refractivity contribution in [3.8, 4) is 0 Å². The molecule has 31 heavy (non-hydrogen) atoms. The first-order chi connectivity index (χ1) is 15.0. The van der Waals surface area contributed by atoms with Gasteiger partial charge in [0, 0.05) is 19.3 Å². The van der Waals surface area contributed by atoms with E-state index in [9.17, 15) is 0 Å². The van der Waals surface area contributed by atoms with Crippen molar-refractivity contribution in [3.63, 3.8) is 0 Å². The number of ether oxygens (including phenoxy) is 2. The van der Waals surface area contributed by atoms with Crippen molar-refractivity contribution >= 4 is 11.5 Å². The molecule has 0 aliphatic rings. The number of hydrogen-bond donors (Lipinski definition) is 2. The van der Waals surface area contributed by atoms with E-state index >= 15 is 0 Å². The first kappa shape index (κ1) is 22.8. The van der Waals surface area contributed by atoms with Crippen LogP contribution >= 0.6 is 0 Å². The summed E-state index contributed by atoms with van der Waals surface area (Å²) in [6.07, 6.45) is 2.64.